The Bertz CT molecular complexity index is 837. The van der Waals surface area contributed by atoms with Crippen molar-refractivity contribution in [3.05, 3.63) is 35.4 Å². The molecule has 2 atom stereocenters. The molecule has 34 heavy (non-hydrogen) atoms. The molecule has 8 heteroatoms. The van der Waals surface area contributed by atoms with Crippen LogP contribution in [0.1, 0.15) is 82.8 Å². The fraction of sp³-hybridized carbons (Fsp3) is 0.654. The fourth-order valence-electron chi connectivity index (χ4n) is 5.08. The number of aliphatic hydroxyl groups excluding tert-OH is 1. The number of amides is 3. The lowest BCUT2D eigenvalue weighted by molar-refractivity contribution is -0.132. The van der Waals surface area contributed by atoms with Crippen molar-refractivity contribution in [2.45, 2.75) is 96.3 Å². The van der Waals surface area contributed by atoms with E-state index in [0.717, 1.165) is 36.8 Å². The van der Waals surface area contributed by atoms with Crippen LogP contribution in [0.15, 0.2) is 24.3 Å². The summed E-state index contributed by atoms with van der Waals surface area (Å²) in [7, 11) is 0. The lowest BCUT2D eigenvalue weighted by Gasteiger charge is -2.33. The van der Waals surface area contributed by atoms with Gasteiger partial charge in [-0.25, -0.2) is 4.79 Å². The van der Waals surface area contributed by atoms with Crippen LogP contribution in [-0.4, -0.2) is 46.1 Å². The summed E-state index contributed by atoms with van der Waals surface area (Å²) in [5.74, 6) is 0.799. The van der Waals surface area contributed by atoms with Crippen molar-refractivity contribution in [3.8, 4) is 0 Å². The van der Waals surface area contributed by atoms with Gasteiger partial charge in [0.2, 0.25) is 0 Å². The quantitative estimate of drug-likeness (QED) is 0.339. The van der Waals surface area contributed by atoms with Gasteiger partial charge in [-0.1, -0.05) is 76.1 Å². The third-order valence-corrected chi connectivity index (χ3v) is 7.07. The highest BCUT2D eigenvalue weighted by Crippen LogP contribution is 2.36. The van der Waals surface area contributed by atoms with Crippen LogP contribution in [0.5, 0.6) is 0 Å². The largest absolute Gasteiger partial charge is 0.394 e. The molecule has 0 bridgehead atoms. The van der Waals surface area contributed by atoms with Gasteiger partial charge in [0.15, 0.2) is 5.96 Å². The van der Waals surface area contributed by atoms with E-state index in [2.05, 4.69) is 22.9 Å². The molecule has 8 nitrogen and oxygen atoms in total. The SMILES string of the molecule is CCCCC1(CC2CCCCC2)NC(=N)N(Cc2ccc(CNC(=O)N[C@@H](C)CO)cc2)C1=O. The first kappa shape index (κ1) is 26.0. The lowest BCUT2D eigenvalue weighted by atomic mass is 9.77. The van der Waals surface area contributed by atoms with E-state index in [4.69, 9.17) is 10.5 Å². The second kappa shape index (κ2) is 12.2. The minimum Gasteiger partial charge on any atom is -0.394 e. The molecule has 1 unspecified atom stereocenters. The molecule has 188 valence electrons. The number of aliphatic hydroxyl groups is 1. The van der Waals surface area contributed by atoms with Crippen molar-refractivity contribution in [2.24, 2.45) is 5.92 Å². The molecule has 1 aromatic rings. The molecular weight excluding hydrogens is 430 g/mol. The van der Waals surface area contributed by atoms with Crippen LogP contribution in [0.4, 0.5) is 4.79 Å². The highest BCUT2D eigenvalue weighted by molar-refractivity contribution is 6.07. The van der Waals surface area contributed by atoms with Gasteiger partial charge >= 0.3 is 6.03 Å². The van der Waals surface area contributed by atoms with E-state index in [9.17, 15) is 9.59 Å². The van der Waals surface area contributed by atoms with Gasteiger partial charge < -0.3 is 21.1 Å². The van der Waals surface area contributed by atoms with E-state index < -0.39 is 5.54 Å². The smallest absolute Gasteiger partial charge is 0.315 e. The average Bonchev–Trinajstić information content (AvgIpc) is 3.07. The first-order valence-corrected chi connectivity index (χ1v) is 12.8. The van der Waals surface area contributed by atoms with Crippen molar-refractivity contribution < 1.29 is 14.7 Å². The average molecular weight is 472 g/mol. The Balaban J connectivity index is 1.61. The normalized spacial score (nSPS) is 21.9. The fourth-order valence-corrected chi connectivity index (χ4v) is 5.08. The maximum atomic E-state index is 13.6. The van der Waals surface area contributed by atoms with E-state index >= 15 is 0 Å². The zero-order valence-electron chi connectivity index (χ0n) is 20.7. The summed E-state index contributed by atoms with van der Waals surface area (Å²) in [6.07, 6.45) is 9.75. The Labute approximate surface area is 203 Å². The second-order valence-electron chi connectivity index (χ2n) is 9.99. The van der Waals surface area contributed by atoms with Crippen LogP contribution in [0.2, 0.25) is 0 Å². The van der Waals surface area contributed by atoms with Crippen molar-refractivity contribution in [3.63, 3.8) is 0 Å². The molecule has 0 aromatic heterocycles. The number of unbranched alkanes of at least 4 members (excludes halogenated alkanes) is 1. The minimum absolute atomic E-state index is 0.0388. The summed E-state index contributed by atoms with van der Waals surface area (Å²) < 4.78 is 0. The number of nitrogens with zero attached hydrogens (tertiary/aromatic N) is 1. The van der Waals surface area contributed by atoms with E-state index in [1.807, 2.05) is 24.3 Å². The number of urea groups is 1. The molecule has 0 radical (unpaired) electrons. The molecule has 1 heterocycles. The molecule has 2 fully saturated rings. The summed E-state index contributed by atoms with van der Waals surface area (Å²) in [6, 6.07) is 7.11. The Morgan fingerprint density at radius 1 is 1.24 bits per heavy atom. The van der Waals surface area contributed by atoms with Crippen LogP contribution >= 0.6 is 0 Å². The number of rotatable bonds is 11. The topological polar surface area (TPSA) is 118 Å². The van der Waals surface area contributed by atoms with Crippen LogP contribution in [0.25, 0.3) is 0 Å². The van der Waals surface area contributed by atoms with Gasteiger partial charge in [0.25, 0.3) is 5.91 Å². The molecule has 5 N–H and O–H groups in total. The Morgan fingerprint density at radius 3 is 2.56 bits per heavy atom. The van der Waals surface area contributed by atoms with Gasteiger partial charge in [0.1, 0.15) is 5.54 Å². The molecule has 1 aliphatic carbocycles. The van der Waals surface area contributed by atoms with Gasteiger partial charge in [0, 0.05) is 6.54 Å². The van der Waals surface area contributed by atoms with Gasteiger partial charge in [0.05, 0.1) is 19.2 Å². The van der Waals surface area contributed by atoms with Crippen molar-refractivity contribution >= 4 is 17.9 Å². The zero-order chi connectivity index (χ0) is 24.6. The minimum atomic E-state index is -0.641. The molecule has 3 amide bonds. The van der Waals surface area contributed by atoms with E-state index in [1.165, 1.54) is 32.1 Å². The second-order valence-corrected chi connectivity index (χ2v) is 9.99. The predicted octanol–water partition coefficient (Wildman–Crippen LogP) is 3.63. The number of carbonyl (C=O) groups is 2. The van der Waals surface area contributed by atoms with E-state index in [1.54, 1.807) is 11.8 Å². The molecule has 3 rings (SSSR count). The van der Waals surface area contributed by atoms with Crippen molar-refractivity contribution in [1.29, 1.82) is 5.41 Å². The Morgan fingerprint density at radius 2 is 1.91 bits per heavy atom. The van der Waals surface area contributed by atoms with Crippen LogP contribution < -0.4 is 16.0 Å². The molecule has 1 aromatic carbocycles. The van der Waals surface area contributed by atoms with E-state index in [0.29, 0.717) is 19.0 Å². The van der Waals surface area contributed by atoms with Crippen molar-refractivity contribution in [2.75, 3.05) is 6.61 Å². The first-order chi connectivity index (χ1) is 16.4. The number of benzene rings is 1. The molecule has 1 aliphatic heterocycles. The Kier molecular flexibility index (Phi) is 9.33. The summed E-state index contributed by atoms with van der Waals surface area (Å²) in [5.41, 5.74) is 1.25. The molecule has 1 saturated carbocycles. The summed E-state index contributed by atoms with van der Waals surface area (Å²) in [6.45, 7) is 4.50. The number of guanidine groups is 1. The highest BCUT2D eigenvalue weighted by Gasteiger charge is 2.49. The van der Waals surface area contributed by atoms with Gasteiger partial charge in [-0.2, -0.15) is 0 Å². The zero-order valence-corrected chi connectivity index (χ0v) is 20.7. The Hall–Kier alpha value is -2.61. The van der Waals surface area contributed by atoms with Crippen LogP contribution in [0, 0.1) is 11.3 Å². The number of nitrogens with one attached hydrogen (secondary N) is 4. The van der Waals surface area contributed by atoms with Crippen LogP contribution in [-0.2, 0) is 17.9 Å². The standard InChI is InChI=1S/C26H41N5O3/c1-3-4-14-26(15-20-8-6-5-7-9-20)23(33)31(24(27)30-26)17-22-12-10-21(11-13-22)16-28-25(34)29-19(2)18-32/h10-13,19-20,32H,3-9,14-18H2,1-2H3,(H2,27,30)(H2,28,29,34)/t19-,26?/m0/s1. The molecule has 2 aliphatic rings. The number of carbonyl (C=O) groups excluding carboxylic acids is 2. The summed E-state index contributed by atoms with van der Waals surface area (Å²) in [4.78, 5) is 27.0. The van der Waals surface area contributed by atoms with Crippen molar-refractivity contribution in [1.82, 2.24) is 20.9 Å². The third kappa shape index (κ3) is 6.72. The van der Waals surface area contributed by atoms with Gasteiger partial charge in [-0.3, -0.25) is 15.1 Å². The maximum absolute atomic E-state index is 13.6. The van der Waals surface area contributed by atoms with E-state index in [-0.39, 0.29) is 30.5 Å². The monoisotopic (exact) mass is 471 g/mol. The third-order valence-electron chi connectivity index (χ3n) is 7.07. The molecule has 0 spiro atoms. The predicted molar refractivity (Wildman–Crippen MR) is 133 cm³/mol. The summed E-state index contributed by atoms with van der Waals surface area (Å²) >= 11 is 0. The van der Waals surface area contributed by atoms with Gasteiger partial charge in [-0.15, -0.1) is 0 Å². The maximum Gasteiger partial charge on any atom is 0.315 e. The highest BCUT2D eigenvalue weighted by atomic mass is 16.3. The lowest BCUT2D eigenvalue weighted by Crippen LogP contribution is -2.48. The number of hydrogen-bond donors (Lipinski definition) is 5. The summed E-state index contributed by atoms with van der Waals surface area (Å²) in [5, 5.41) is 26.3. The first-order valence-electron chi connectivity index (χ1n) is 12.8. The number of hydrogen-bond acceptors (Lipinski definition) is 4. The molecular formula is C26H41N5O3. The van der Waals surface area contributed by atoms with Crippen LogP contribution in [0.3, 0.4) is 0 Å². The van der Waals surface area contributed by atoms with Gasteiger partial charge in [-0.05, 0) is 36.8 Å². The molecule has 1 saturated heterocycles.